The molecule has 9 heavy (non-hydrogen) atoms. The molecule has 5 N–H and O–H groups in total. The lowest BCUT2D eigenvalue weighted by molar-refractivity contribution is 0.0747. The number of hydrogen-bond acceptors (Lipinski definition) is 4. The molecule has 0 aliphatic heterocycles. The molecule has 0 aromatic rings. The van der Waals surface area contributed by atoms with Gasteiger partial charge in [0, 0.05) is 13.7 Å². The number of methoxy groups -OCH3 is 1. The van der Waals surface area contributed by atoms with E-state index in [0.717, 1.165) is 0 Å². The number of rotatable bonds is 5. The van der Waals surface area contributed by atoms with Crippen LogP contribution in [0, 0.1) is 0 Å². The zero-order chi connectivity index (χ0) is 6.24. The van der Waals surface area contributed by atoms with Gasteiger partial charge in [0.2, 0.25) is 0 Å². The SMILES string of the molecule is COCCOCCN.N. The van der Waals surface area contributed by atoms with Gasteiger partial charge < -0.3 is 21.4 Å². The second-order valence-electron chi connectivity index (χ2n) is 1.39. The van der Waals surface area contributed by atoms with Crippen molar-refractivity contribution in [2.24, 2.45) is 5.73 Å². The standard InChI is InChI=1S/C5H13NO2.H3N/c1-7-4-5-8-3-2-6;/h2-6H2,1H3;1H3. The molecule has 4 heteroatoms. The Morgan fingerprint density at radius 2 is 1.89 bits per heavy atom. The Labute approximate surface area is 55.9 Å². The first-order chi connectivity index (χ1) is 3.91. The maximum absolute atomic E-state index is 5.14. The van der Waals surface area contributed by atoms with Gasteiger partial charge in [0.05, 0.1) is 19.8 Å². The quantitative estimate of drug-likeness (QED) is 0.512. The molecule has 0 aliphatic rings. The normalized spacial score (nSPS) is 8.67. The predicted octanol–water partition coefficient (Wildman–Crippen LogP) is -0.230. The van der Waals surface area contributed by atoms with E-state index in [1.165, 1.54) is 0 Å². The van der Waals surface area contributed by atoms with Gasteiger partial charge in [-0.15, -0.1) is 0 Å². The molecule has 0 atom stereocenters. The van der Waals surface area contributed by atoms with E-state index in [1.54, 1.807) is 7.11 Å². The van der Waals surface area contributed by atoms with E-state index in [-0.39, 0.29) is 6.15 Å². The summed E-state index contributed by atoms with van der Waals surface area (Å²) in [6.07, 6.45) is 0. The topological polar surface area (TPSA) is 79.5 Å². The van der Waals surface area contributed by atoms with Crippen molar-refractivity contribution < 1.29 is 9.47 Å². The van der Waals surface area contributed by atoms with Crippen molar-refractivity contribution in [3.05, 3.63) is 0 Å². The van der Waals surface area contributed by atoms with Crippen LogP contribution in [0.25, 0.3) is 0 Å². The van der Waals surface area contributed by atoms with Crippen molar-refractivity contribution in [2.75, 3.05) is 33.5 Å². The number of ether oxygens (including phenoxy) is 2. The first-order valence-electron chi connectivity index (χ1n) is 2.68. The summed E-state index contributed by atoms with van der Waals surface area (Å²) in [4.78, 5) is 0. The molecular formula is C5H16N2O2. The monoisotopic (exact) mass is 136 g/mol. The second kappa shape index (κ2) is 10.8. The summed E-state index contributed by atoms with van der Waals surface area (Å²) >= 11 is 0. The Balaban J connectivity index is 0. The average Bonchev–Trinajstić information content (AvgIpc) is 1.81. The van der Waals surface area contributed by atoms with Crippen molar-refractivity contribution in [2.45, 2.75) is 0 Å². The van der Waals surface area contributed by atoms with Crippen LogP contribution in [0.4, 0.5) is 0 Å². The van der Waals surface area contributed by atoms with Crippen molar-refractivity contribution >= 4 is 0 Å². The predicted molar refractivity (Wildman–Crippen MR) is 36.8 cm³/mol. The third kappa shape index (κ3) is 11.4. The third-order valence-electron chi connectivity index (χ3n) is 0.694. The Morgan fingerprint density at radius 1 is 1.22 bits per heavy atom. The summed E-state index contributed by atoms with van der Waals surface area (Å²) in [6.45, 7) is 2.51. The van der Waals surface area contributed by atoms with Crippen molar-refractivity contribution in [3.63, 3.8) is 0 Å². The first kappa shape index (κ1) is 11.6. The molecule has 0 aromatic carbocycles. The smallest absolute Gasteiger partial charge is 0.0700 e. The summed E-state index contributed by atoms with van der Waals surface area (Å²) in [5, 5.41) is 0. The average molecular weight is 136 g/mol. The molecule has 0 saturated heterocycles. The molecular weight excluding hydrogens is 120 g/mol. The fourth-order valence-electron chi connectivity index (χ4n) is 0.328. The highest BCUT2D eigenvalue weighted by molar-refractivity contribution is 4.30. The molecule has 0 aromatic heterocycles. The number of hydrogen-bond donors (Lipinski definition) is 2. The van der Waals surface area contributed by atoms with Crippen LogP contribution >= 0.6 is 0 Å². The van der Waals surface area contributed by atoms with Gasteiger partial charge in [0.1, 0.15) is 0 Å². The van der Waals surface area contributed by atoms with Crippen LogP contribution in [0.2, 0.25) is 0 Å². The molecule has 4 nitrogen and oxygen atoms in total. The lowest BCUT2D eigenvalue weighted by Gasteiger charge is -1.98. The summed E-state index contributed by atoms with van der Waals surface area (Å²) < 4.78 is 9.70. The van der Waals surface area contributed by atoms with Crippen LogP contribution in [0.15, 0.2) is 0 Å². The molecule has 0 heterocycles. The minimum atomic E-state index is 0. The Hall–Kier alpha value is -0.160. The molecule has 0 spiro atoms. The Bertz CT molecular complexity index is 37.9. The van der Waals surface area contributed by atoms with Gasteiger partial charge in [-0.25, -0.2) is 0 Å². The van der Waals surface area contributed by atoms with Gasteiger partial charge in [0.15, 0.2) is 0 Å². The first-order valence-corrected chi connectivity index (χ1v) is 2.68. The van der Waals surface area contributed by atoms with Gasteiger partial charge >= 0.3 is 0 Å². The van der Waals surface area contributed by atoms with Crippen molar-refractivity contribution in [1.29, 1.82) is 0 Å². The van der Waals surface area contributed by atoms with E-state index < -0.39 is 0 Å². The molecule has 0 bridgehead atoms. The lowest BCUT2D eigenvalue weighted by Crippen LogP contribution is -2.11. The molecule has 0 rings (SSSR count). The Kier molecular flexibility index (Phi) is 13.9. The minimum absolute atomic E-state index is 0. The van der Waals surface area contributed by atoms with E-state index in [0.29, 0.717) is 26.4 Å². The highest BCUT2D eigenvalue weighted by Crippen LogP contribution is 1.71. The summed E-state index contributed by atoms with van der Waals surface area (Å²) in [5.41, 5.74) is 5.14. The maximum Gasteiger partial charge on any atom is 0.0700 e. The zero-order valence-electron chi connectivity index (χ0n) is 5.93. The highest BCUT2D eigenvalue weighted by Gasteiger charge is 1.81. The van der Waals surface area contributed by atoms with Crippen molar-refractivity contribution in [1.82, 2.24) is 6.15 Å². The van der Waals surface area contributed by atoms with Gasteiger partial charge in [-0.1, -0.05) is 0 Å². The van der Waals surface area contributed by atoms with Gasteiger partial charge in [-0.3, -0.25) is 0 Å². The maximum atomic E-state index is 5.14. The fourth-order valence-corrected chi connectivity index (χ4v) is 0.328. The van der Waals surface area contributed by atoms with E-state index in [9.17, 15) is 0 Å². The van der Waals surface area contributed by atoms with E-state index >= 15 is 0 Å². The van der Waals surface area contributed by atoms with Crippen LogP contribution in [0.3, 0.4) is 0 Å². The molecule has 0 amide bonds. The zero-order valence-corrected chi connectivity index (χ0v) is 5.93. The van der Waals surface area contributed by atoms with Crippen LogP contribution in [-0.2, 0) is 9.47 Å². The number of nitrogens with two attached hydrogens (primary N) is 1. The molecule has 0 unspecified atom stereocenters. The van der Waals surface area contributed by atoms with Gasteiger partial charge in [0.25, 0.3) is 0 Å². The van der Waals surface area contributed by atoms with Gasteiger partial charge in [-0.05, 0) is 0 Å². The summed E-state index contributed by atoms with van der Waals surface area (Å²) in [6, 6.07) is 0. The lowest BCUT2D eigenvalue weighted by atomic mass is 10.7. The summed E-state index contributed by atoms with van der Waals surface area (Å²) in [7, 11) is 1.64. The molecule has 0 radical (unpaired) electrons. The third-order valence-corrected chi connectivity index (χ3v) is 0.694. The molecule has 0 fully saturated rings. The fraction of sp³-hybridized carbons (Fsp3) is 1.00. The highest BCUT2D eigenvalue weighted by atomic mass is 16.5. The van der Waals surface area contributed by atoms with E-state index in [1.807, 2.05) is 0 Å². The van der Waals surface area contributed by atoms with Crippen LogP contribution in [-0.4, -0.2) is 33.5 Å². The summed E-state index contributed by atoms with van der Waals surface area (Å²) in [5.74, 6) is 0. The van der Waals surface area contributed by atoms with Crippen LogP contribution in [0.5, 0.6) is 0 Å². The van der Waals surface area contributed by atoms with E-state index in [2.05, 4.69) is 0 Å². The van der Waals surface area contributed by atoms with Crippen molar-refractivity contribution in [3.8, 4) is 0 Å². The Morgan fingerprint density at radius 3 is 2.33 bits per heavy atom. The minimum Gasteiger partial charge on any atom is -0.382 e. The molecule has 0 saturated carbocycles. The van der Waals surface area contributed by atoms with E-state index in [4.69, 9.17) is 15.2 Å². The van der Waals surface area contributed by atoms with Crippen LogP contribution < -0.4 is 11.9 Å². The van der Waals surface area contributed by atoms with Crippen LogP contribution in [0.1, 0.15) is 0 Å². The van der Waals surface area contributed by atoms with Gasteiger partial charge in [-0.2, -0.15) is 0 Å². The largest absolute Gasteiger partial charge is 0.382 e. The molecule has 58 valence electrons. The molecule has 0 aliphatic carbocycles. The second-order valence-corrected chi connectivity index (χ2v) is 1.39.